The van der Waals surface area contributed by atoms with Gasteiger partial charge in [0.05, 0.1) is 12.3 Å². The van der Waals surface area contributed by atoms with Gasteiger partial charge >= 0.3 is 17.9 Å². The van der Waals surface area contributed by atoms with E-state index in [9.17, 15) is 22.8 Å². The molecule has 2 rings (SSSR count). The van der Waals surface area contributed by atoms with Gasteiger partial charge in [-0.15, -0.1) is 0 Å². The quantitative estimate of drug-likeness (QED) is 0.860. The van der Waals surface area contributed by atoms with Gasteiger partial charge in [0.1, 0.15) is 0 Å². The van der Waals surface area contributed by atoms with E-state index in [0.29, 0.717) is 4.90 Å². The van der Waals surface area contributed by atoms with E-state index in [1.165, 1.54) is 24.3 Å². The van der Waals surface area contributed by atoms with Crippen molar-refractivity contribution in [3.05, 3.63) is 29.3 Å². The van der Waals surface area contributed by atoms with Crippen molar-refractivity contribution in [1.29, 1.82) is 0 Å². The third-order valence-electron chi connectivity index (χ3n) is 2.98. The van der Waals surface area contributed by atoms with E-state index in [2.05, 4.69) is 4.74 Å². The lowest BCUT2D eigenvalue weighted by molar-refractivity contribution is -0.269. The highest BCUT2D eigenvalue weighted by Gasteiger charge is 2.69. The molecule has 0 bridgehead atoms. The molecule has 1 saturated heterocycles. The molecule has 1 aliphatic rings. The van der Waals surface area contributed by atoms with Crippen LogP contribution in [0.3, 0.4) is 0 Å². The van der Waals surface area contributed by atoms with Crippen molar-refractivity contribution in [2.45, 2.75) is 25.2 Å². The van der Waals surface area contributed by atoms with E-state index in [4.69, 9.17) is 11.6 Å². The third-order valence-corrected chi connectivity index (χ3v) is 3.21. The predicted molar refractivity (Wildman–Crippen MR) is 72.5 cm³/mol. The molecule has 5 nitrogen and oxygen atoms in total. The van der Waals surface area contributed by atoms with Crippen molar-refractivity contribution in [1.82, 2.24) is 5.32 Å². The summed E-state index contributed by atoms with van der Waals surface area (Å²) in [7, 11) is 0. The topological polar surface area (TPSA) is 58.6 Å². The predicted octanol–water partition coefficient (Wildman–Crippen LogP) is 3.08. The van der Waals surface area contributed by atoms with Gasteiger partial charge in [-0.05, 0) is 24.6 Å². The Balaban J connectivity index is 2.45. The maximum absolute atomic E-state index is 13.3. The number of ether oxygens (including phenoxy) is 1. The molecular formula is C13H12ClF3N2O3. The molecular weight excluding hydrogens is 325 g/mol. The van der Waals surface area contributed by atoms with Crippen LogP contribution in [-0.2, 0) is 9.53 Å². The van der Waals surface area contributed by atoms with Gasteiger partial charge in [-0.25, -0.2) is 9.69 Å². The minimum Gasteiger partial charge on any atom is -0.340 e. The summed E-state index contributed by atoms with van der Waals surface area (Å²) in [4.78, 5) is 24.5. The molecule has 0 spiro atoms. The zero-order chi connectivity index (χ0) is 16.5. The average molecular weight is 337 g/mol. The Morgan fingerprint density at radius 3 is 2.59 bits per heavy atom. The molecule has 9 heteroatoms. The van der Waals surface area contributed by atoms with E-state index in [0.717, 1.165) is 0 Å². The zero-order valence-corrected chi connectivity index (χ0v) is 12.2. The molecule has 0 saturated carbocycles. The fourth-order valence-electron chi connectivity index (χ4n) is 1.99. The molecule has 0 aliphatic carbocycles. The second kappa shape index (κ2) is 5.77. The van der Waals surface area contributed by atoms with Crippen LogP contribution in [0.5, 0.6) is 0 Å². The van der Waals surface area contributed by atoms with Crippen molar-refractivity contribution in [2.75, 3.05) is 11.5 Å². The number of carbonyl (C=O) groups is 2. The first-order valence-electron chi connectivity index (χ1n) is 6.36. The summed E-state index contributed by atoms with van der Waals surface area (Å²) in [6.07, 6.45) is -4.85. The smallest absolute Gasteiger partial charge is 0.340 e. The van der Waals surface area contributed by atoms with E-state index >= 15 is 0 Å². The molecule has 1 aromatic carbocycles. The number of halogens is 4. The number of nitrogens with one attached hydrogen (secondary N) is 1. The molecule has 1 N–H and O–H groups in total. The summed E-state index contributed by atoms with van der Waals surface area (Å²) in [6, 6.07) is 4.18. The van der Waals surface area contributed by atoms with Crippen LogP contribution in [0.2, 0.25) is 5.02 Å². The summed E-state index contributed by atoms with van der Waals surface area (Å²) >= 11 is 5.74. The van der Waals surface area contributed by atoms with Crippen molar-refractivity contribution in [3.8, 4) is 0 Å². The number of urea groups is 1. The van der Waals surface area contributed by atoms with E-state index in [-0.39, 0.29) is 23.7 Å². The standard InChI is InChI=1S/C13H12ClF3N2O3/c1-2-6-22-12(13(15,16)17)10(20)19(11(21)18-12)9-5-3-4-8(14)7-9/h3-5,7H,2,6H2,1H3,(H,18,21)/t12-/m0/s1. The highest BCUT2D eigenvalue weighted by atomic mass is 35.5. The minimum absolute atomic E-state index is 0.0683. The van der Waals surface area contributed by atoms with Gasteiger partial charge in [0, 0.05) is 5.02 Å². The van der Waals surface area contributed by atoms with Gasteiger partial charge in [-0.1, -0.05) is 24.6 Å². The number of imide groups is 1. The van der Waals surface area contributed by atoms with Gasteiger partial charge in [0.25, 0.3) is 5.91 Å². The molecule has 1 aliphatic heterocycles. The Kier molecular flexibility index (Phi) is 4.35. The SMILES string of the molecule is CCCO[C@@]1(C(F)(F)F)NC(=O)N(c2cccc(Cl)c2)C1=O. The molecule has 1 fully saturated rings. The number of hydrogen-bond donors (Lipinski definition) is 1. The van der Waals surface area contributed by atoms with Gasteiger partial charge in [-0.2, -0.15) is 13.2 Å². The molecule has 3 amide bonds. The second-order valence-electron chi connectivity index (χ2n) is 4.58. The zero-order valence-electron chi connectivity index (χ0n) is 11.4. The van der Waals surface area contributed by atoms with Gasteiger partial charge in [0.2, 0.25) is 0 Å². The molecule has 22 heavy (non-hydrogen) atoms. The Bertz CT molecular complexity index is 608. The van der Waals surface area contributed by atoms with Crippen LogP contribution in [0.25, 0.3) is 0 Å². The number of anilines is 1. The first-order chi connectivity index (χ1) is 10.2. The van der Waals surface area contributed by atoms with Crippen LogP contribution >= 0.6 is 11.6 Å². The van der Waals surface area contributed by atoms with Gasteiger partial charge in [-0.3, -0.25) is 10.1 Å². The molecule has 1 heterocycles. The molecule has 120 valence electrons. The van der Waals surface area contributed by atoms with Crippen LogP contribution in [0.1, 0.15) is 13.3 Å². The van der Waals surface area contributed by atoms with Crippen molar-refractivity contribution < 1.29 is 27.5 Å². The lowest BCUT2D eigenvalue weighted by Gasteiger charge is -2.28. The van der Waals surface area contributed by atoms with Crippen LogP contribution < -0.4 is 10.2 Å². The normalized spacial score (nSPS) is 22.1. The fraction of sp³-hybridized carbons (Fsp3) is 0.385. The second-order valence-corrected chi connectivity index (χ2v) is 5.01. The van der Waals surface area contributed by atoms with Crippen molar-refractivity contribution in [3.63, 3.8) is 0 Å². The number of alkyl halides is 3. The van der Waals surface area contributed by atoms with Crippen molar-refractivity contribution >= 4 is 29.2 Å². The lowest BCUT2D eigenvalue weighted by Crippen LogP contribution is -2.60. The number of rotatable bonds is 4. The molecule has 0 unspecified atom stereocenters. The third kappa shape index (κ3) is 2.64. The largest absolute Gasteiger partial charge is 0.446 e. The molecule has 0 aromatic heterocycles. The maximum Gasteiger partial charge on any atom is 0.446 e. The van der Waals surface area contributed by atoms with Crippen molar-refractivity contribution in [2.24, 2.45) is 0 Å². The number of benzene rings is 1. The minimum atomic E-state index is -5.10. The van der Waals surface area contributed by atoms with Gasteiger partial charge < -0.3 is 4.74 Å². The fourth-order valence-corrected chi connectivity index (χ4v) is 2.17. The molecule has 0 radical (unpaired) electrons. The van der Waals surface area contributed by atoms with E-state index in [1.54, 1.807) is 12.2 Å². The molecule has 1 aromatic rings. The lowest BCUT2D eigenvalue weighted by atomic mass is 10.2. The van der Waals surface area contributed by atoms with Crippen LogP contribution in [0, 0.1) is 0 Å². The average Bonchev–Trinajstić information content (AvgIpc) is 2.68. The Hall–Kier alpha value is -1.80. The first-order valence-corrected chi connectivity index (χ1v) is 6.73. The van der Waals surface area contributed by atoms with Gasteiger partial charge in [0.15, 0.2) is 0 Å². The van der Waals surface area contributed by atoms with Crippen LogP contribution in [-0.4, -0.2) is 30.4 Å². The number of nitrogens with zero attached hydrogens (tertiary/aromatic N) is 1. The molecule has 1 atom stereocenters. The van der Waals surface area contributed by atoms with Crippen LogP contribution in [0.4, 0.5) is 23.7 Å². The summed E-state index contributed by atoms with van der Waals surface area (Å²) in [5.74, 6) is -1.54. The van der Waals surface area contributed by atoms with Crippen LogP contribution in [0.15, 0.2) is 24.3 Å². The Labute approximate surface area is 129 Å². The summed E-state index contributed by atoms with van der Waals surface area (Å²) in [6.45, 7) is 1.25. The first kappa shape index (κ1) is 16.6. The summed E-state index contributed by atoms with van der Waals surface area (Å²) in [5.41, 5.74) is -3.44. The highest BCUT2D eigenvalue weighted by molar-refractivity contribution is 6.31. The maximum atomic E-state index is 13.3. The number of amides is 3. The Morgan fingerprint density at radius 1 is 1.36 bits per heavy atom. The van der Waals surface area contributed by atoms with E-state index < -0.39 is 23.8 Å². The monoisotopic (exact) mass is 336 g/mol. The summed E-state index contributed by atoms with van der Waals surface area (Å²) < 4.78 is 44.6. The number of hydrogen-bond acceptors (Lipinski definition) is 3. The number of carbonyl (C=O) groups excluding carboxylic acids is 2. The Morgan fingerprint density at radius 2 is 2.05 bits per heavy atom. The highest BCUT2D eigenvalue weighted by Crippen LogP contribution is 2.38. The summed E-state index contributed by atoms with van der Waals surface area (Å²) in [5, 5.41) is 1.78. The van der Waals surface area contributed by atoms with E-state index in [1.807, 2.05) is 0 Å².